The fourth-order valence-electron chi connectivity index (χ4n) is 1.35. The van der Waals surface area contributed by atoms with Crippen molar-refractivity contribution in [1.29, 1.82) is 0 Å². The summed E-state index contributed by atoms with van der Waals surface area (Å²) in [5.74, 6) is 0.747. The first-order valence-electron chi connectivity index (χ1n) is 4.62. The minimum atomic E-state index is 0.247. The standard InChI is InChI=1S/C11H10BrNO2S/c1-6-11(14)16-10(13-6)8-5-7(12)3-4-9(8)15-2/h3-5,14H,1-2H3. The molecule has 0 amide bonds. The number of nitrogens with zero attached hydrogens (tertiary/aromatic N) is 1. The Morgan fingerprint density at radius 2 is 2.19 bits per heavy atom. The van der Waals surface area contributed by atoms with E-state index in [4.69, 9.17) is 4.74 Å². The van der Waals surface area contributed by atoms with Crippen molar-refractivity contribution in [3.63, 3.8) is 0 Å². The highest BCUT2D eigenvalue weighted by Gasteiger charge is 2.13. The quantitative estimate of drug-likeness (QED) is 0.921. The van der Waals surface area contributed by atoms with Crippen LogP contribution in [0, 0.1) is 6.92 Å². The molecule has 0 fully saturated rings. The van der Waals surface area contributed by atoms with Gasteiger partial charge in [0.15, 0.2) is 5.06 Å². The lowest BCUT2D eigenvalue weighted by Gasteiger charge is -2.05. The number of thiazole rings is 1. The molecule has 2 aromatic rings. The van der Waals surface area contributed by atoms with E-state index >= 15 is 0 Å². The van der Waals surface area contributed by atoms with Gasteiger partial charge in [-0.05, 0) is 25.1 Å². The van der Waals surface area contributed by atoms with Gasteiger partial charge >= 0.3 is 0 Å². The normalized spacial score (nSPS) is 10.4. The van der Waals surface area contributed by atoms with Gasteiger partial charge < -0.3 is 9.84 Å². The van der Waals surface area contributed by atoms with E-state index in [1.54, 1.807) is 14.0 Å². The first-order chi connectivity index (χ1) is 7.61. The van der Waals surface area contributed by atoms with Crippen molar-refractivity contribution in [3.05, 3.63) is 28.4 Å². The van der Waals surface area contributed by atoms with Crippen LogP contribution in [0.1, 0.15) is 5.69 Å². The lowest BCUT2D eigenvalue weighted by atomic mass is 10.2. The van der Waals surface area contributed by atoms with E-state index in [0.717, 1.165) is 20.8 Å². The minimum Gasteiger partial charge on any atom is -0.498 e. The van der Waals surface area contributed by atoms with Crippen molar-refractivity contribution >= 4 is 27.3 Å². The van der Waals surface area contributed by atoms with Crippen LogP contribution in [0.15, 0.2) is 22.7 Å². The Morgan fingerprint density at radius 1 is 1.44 bits per heavy atom. The minimum absolute atomic E-state index is 0.247. The Kier molecular flexibility index (Phi) is 3.16. The van der Waals surface area contributed by atoms with Gasteiger partial charge in [-0.3, -0.25) is 0 Å². The Balaban J connectivity index is 2.57. The molecule has 0 spiro atoms. The number of aryl methyl sites for hydroxylation is 1. The first kappa shape index (κ1) is 11.4. The van der Waals surface area contributed by atoms with Gasteiger partial charge in [-0.2, -0.15) is 0 Å². The highest BCUT2D eigenvalue weighted by Crippen LogP contribution is 2.38. The number of methoxy groups -OCH3 is 1. The predicted molar refractivity (Wildman–Crippen MR) is 68.2 cm³/mol. The van der Waals surface area contributed by atoms with E-state index in [1.165, 1.54) is 11.3 Å². The number of hydrogen-bond acceptors (Lipinski definition) is 4. The van der Waals surface area contributed by atoms with E-state index in [9.17, 15) is 5.11 Å². The van der Waals surface area contributed by atoms with E-state index in [0.29, 0.717) is 5.69 Å². The zero-order valence-electron chi connectivity index (χ0n) is 8.82. The Hall–Kier alpha value is -1.07. The molecule has 0 atom stereocenters. The third-order valence-electron chi connectivity index (χ3n) is 2.16. The van der Waals surface area contributed by atoms with Gasteiger partial charge in [0, 0.05) is 4.47 Å². The zero-order valence-corrected chi connectivity index (χ0v) is 11.2. The maximum atomic E-state index is 9.54. The number of hydrogen-bond donors (Lipinski definition) is 1. The molecule has 16 heavy (non-hydrogen) atoms. The van der Waals surface area contributed by atoms with Gasteiger partial charge in [0.25, 0.3) is 0 Å². The first-order valence-corrected chi connectivity index (χ1v) is 6.23. The Labute approximate surface area is 106 Å². The summed E-state index contributed by atoms with van der Waals surface area (Å²) in [6.45, 7) is 1.78. The van der Waals surface area contributed by atoms with E-state index < -0.39 is 0 Å². The molecule has 3 nitrogen and oxygen atoms in total. The number of ether oxygens (including phenoxy) is 1. The molecule has 0 radical (unpaired) electrons. The van der Waals surface area contributed by atoms with Crippen molar-refractivity contribution in [2.24, 2.45) is 0 Å². The molecule has 0 aliphatic rings. The number of halogens is 1. The fraction of sp³-hybridized carbons (Fsp3) is 0.182. The average molecular weight is 300 g/mol. The molecule has 84 valence electrons. The van der Waals surface area contributed by atoms with Crippen LogP contribution in [0.25, 0.3) is 10.6 Å². The molecule has 0 saturated heterocycles. The molecule has 2 rings (SSSR count). The largest absolute Gasteiger partial charge is 0.498 e. The number of aromatic nitrogens is 1. The van der Waals surface area contributed by atoms with E-state index in [-0.39, 0.29) is 5.06 Å². The monoisotopic (exact) mass is 299 g/mol. The van der Waals surface area contributed by atoms with Crippen LogP contribution in [-0.2, 0) is 0 Å². The summed E-state index contributed by atoms with van der Waals surface area (Å²) in [5, 5.41) is 10.5. The van der Waals surface area contributed by atoms with Crippen LogP contribution in [0.2, 0.25) is 0 Å². The van der Waals surface area contributed by atoms with Crippen molar-refractivity contribution < 1.29 is 9.84 Å². The van der Waals surface area contributed by atoms with E-state index in [1.807, 2.05) is 18.2 Å². The van der Waals surface area contributed by atoms with Crippen LogP contribution in [0.3, 0.4) is 0 Å². The van der Waals surface area contributed by atoms with Gasteiger partial charge in [0.05, 0.1) is 18.4 Å². The Morgan fingerprint density at radius 3 is 2.75 bits per heavy atom. The van der Waals surface area contributed by atoms with Crippen LogP contribution >= 0.6 is 27.3 Å². The van der Waals surface area contributed by atoms with Gasteiger partial charge in [0.1, 0.15) is 10.8 Å². The number of aromatic hydroxyl groups is 1. The summed E-state index contributed by atoms with van der Waals surface area (Å²) in [4.78, 5) is 4.30. The molecule has 5 heteroatoms. The highest BCUT2D eigenvalue weighted by atomic mass is 79.9. The van der Waals surface area contributed by atoms with Gasteiger partial charge in [0.2, 0.25) is 0 Å². The van der Waals surface area contributed by atoms with Gasteiger partial charge in [-0.15, -0.1) is 0 Å². The number of rotatable bonds is 2. The molecular weight excluding hydrogens is 290 g/mol. The molecule has 1 N–H and O–H groups in total. The molecule has 1 aromatic heterocycles. The highest BCUT2D eigenvalue weighted by molar-refractivity contribution is 9.10. The summed E-state index contributed by atoms with van der Waals surface area (Å²) < 4.78 is 6.22. The maximum Gasteiger partial charge on any atom is 0.195 e. The average Bonchev–Trinajstić information content (AvgIpc) is 2.59. The summed E-state index contributed by atoms with van der Waals surface area (Å²) >= 11 is 4.66. The maximum absolute atomic E-state index is 9.54. The second kappa shape index (κ2) is 4.43. The van der Waals surface area contributed by atoms with Crippen molar-refractivity contribution in [2.75, 3.05) is 7.11 Å². The summed E-state index contributed by atoms with van der Waals surface area (Å²) in [7, 11) is 1.62. The summed E-state index contributed by atoms with van der Waals surface area (Å²) in [6.07, 6.45) is 0. The zero-order chi connectivity index (χ0) is 11.7. The molecule has 0 aliphatic carbocycles. The summed E-state index contributed by atoms with van der Waals surface area (Å²) in [5.41, 5.74) is 1.52. The number of benzene rings is 1. The second-order valence-electron chi connectivity index (χ2n) is 3.25. The lowest BCUT2D eigenvalue weighted by Crippen LogP contribution is -1.87. The van der Waals surface area contributed by atoms with Crippen molar-refractivity contribution in [2.45, 2.75) is 6.92 Å². The van der Waals surface area contributed by atoms with Gasteiger partial charge in [-0.1, -0.05) is 27.3 Å². The molecule has 0 unspecified atom stereocenters. The second-order valence-corrected chi connectivity index (χ2v) is 5.15. The van der Waals surface area contributed by atoms with Crippen LogP contribution in [-0.4, -0.2) is 17.2 Å². The van der Waals surface area contributed by atoms with Crippen LogP contribution < -0.4 is 4.74 Å². The van der Waals surface area contributed by atoms with E-state index in [2.05, 4.69) is 20.9 Å². The third kappa shape index (κ3) is 2.05. The lowest BCUT2D eigenvalue weighted by molar-refractivity contribution is 0.416. The van der Waals surface area contributed by atoms with Gasteiger partial charge in [-0.25, -0.2) is 4.98 Å². The molecular formula is C11H10BrNO2S. The van der Waals surface area contributed by atoms with Crippen molar-refractivity contribution in [1.82, 2.24) is 4.98 Å². The van der Waals surface area contributed by atoms with Crippen molar-refractivity contribution in [3.8, 4) is 21.4 Å². The van der Waals surface area contributed by atoms with Crippen LogP contribution in [0.4, 0.5) is 0 Å². The third-order valence-corrected chi connectivity index (χ3v) is 3.65. The predicted octanol–water partition coefficient (Wildman–Crippen LogP) is 3.60. The Bertz CT molecular complexity index is 505. The summed E-state index contributed by atoms with van der Waals surface area (Å²) in [6, 6.07) is 5.70. The molecule has 1 aromatic carbocycles. The topological polar surface area (TPSA) is 42.4 Å². The smallest absolute Gasteiger partial charge is 0.195 e. The fourth-order valence-corrected chi connectivity index (χ4v) is 2.54. The van der Waals surface area contributed by atoms with Crippen LogP contribution in [0.5, 0.6) is 10.8 Å². The molecule has 0 bridgehead atoms. The SMILES string of the molecule is COc1ccc(Br)cc1-c1nc(C)c(O)s1. The molecule has 0 aliphatic heterocycles. The molecule has 0 saturated carbocycles. The molecule has 1 heterocycles.